The van der Waals surface area contributed by atoms with E-state index in [1.807, 2.05) is 6.07 Å². The van der Waals surface area contributed by atoms with Crippen LogP contribution in [0, 0.1) is 0 Å². The molecule has 0 N–H and O–H groups in total. The van der Waals surface area contributed by atoms with E-state index in [0.717, 1.165) is 24.8 Å². The Kier molecular flexibility index (Phi) is 10.9. The van der Waals surface area contributed by atoms with Crippen molar-refractivity contribution < 1.29 is 22.7 Å². The minimum atomic E-state index is -4.49. The molecule has 0 aromatic heterocycles. The van der Waals surface area contributed by atoms with Gasteiger partial charge in [0, 0.05) is 6.42 Å². The number of carbonyl (C=O) groups is 1. The van der Waals surface area contributed by atoms with Gasteiger partial charge in [-0.25, -0.2) is 0 Å². The Morgan fingerprint density at radius 2 is 1.64 bits per heavy atom. The zero-order valence-electron chi connectivity index (χ0n) is 14.7. The molecule has 0 aliphatic heterocycles. The monoisotopic (exact) mass is 376 g/mol. The first-order valence-electron chi connectivity index (χ1n) is 8.85. The van der Waals surface area contributed by atoms with Crippen molar-refractivity contribution in [2.45, 2.75) is 75.8 Å². The highest BCUT2D eigenvalue weighted by molar-refractivity contribution is 8.01. The molecule has 25 heavy (non-hydrogen) atoms. The number of carbonyl (C=O) groups excluding carboxylic acids is 1. The zero-order chi connectivity index (χ0) is 18.5. The van der Waals surface area contributed by atoms with Gasteiger partial charge in [-0.1, -0.05) is 75.8 Å². The normalized spacial score (nSPS) is 13.0. The Bertz CT molecular complexity index is 477. The summed E-state index contributed by atoms with van der Waals surface area (Å²) in [5.41, 5.74) is -5.23. The molecule has 1 aromatic rings. The first-order chi connectivity index (χ1) is 11.9. The lowest BCUT2D eigenvalue weighted by atomic mass is 10.1. The molecule has 6 heteroatoms. The number of alkyl halides is 3. The molecule has 0 unspecified atom stereocenters. The van der Waals surface area contributed by atoms with E-state index < -0.39 is 16.7 Å². The molecule has 1 rings (SSSR count). The number of Topliss-reactive ketones (excluding diaryl/α,β-unsaturated/α-hetero) is 1. The number of hydrogen-bond donors (Lipinski definition) is 0. The lowest BCUT2D eigenvalue weighted by molar-refractivity contribution is -0.127. The maximum Gasteiger partial charge on any atom is 0.444 e. The van der Waals surface area contributed by atoms with Crippen LogP contribution in [0.25, 0.3) is 0 Å². The molecule has 1 aromatic carbocycles. The summed E-state index contributed by atoms with van der Waals surface area (Å²) >= 11 is -0.368. The van der Waals surface area contributed by atoms with Crippen molar-refractivity contribution >= 4 is 17.5 Å². The highest BCUT2D eigenvalue weighted by Crippen LogP contribution is 2.35. The summed E-state index contributed by atoms with van der Waals surface area (Å²) in [6.45, 7) is 2.14. The molecule has 0 heterocycles. The van der Waals surface area contributed by atoms with Crippen LogP contribution in [-0.4, -0.2) is 16.7 Å². The van der Waals surface area contributed by atoms with Crippen molar-refractivity contribution in [2.24, 2.45) is 0 Å². The molecule has 0 saturated carbocycles. The fraction of sp³-hybridized carbons (Fsp3) is 0.632. The Balaban J connectivity index is 2.39. The summed E-state index contributed by atoms with van der Waals surface area (Å²) in [6.07, 6.45) is 7.33. The van der Waals surface area contributed by atoms with Gasteiger partial charge in [-0.05, 0) is 23.7 Å². The smallest absolute Gasteiger partial charge is 0.355 e. The van der Waals surface area contributed by atoms with Crippen LogP contribution < -0.4 is 0 Å². The lowest BCUT2D eigenvalue weighted by Crippen LogP contribution is -2.24. The molecule has 0 fully saturated rings. The van der Waals surface area contributed by atoms with Gasteiger partial charge in [-0.3, -0.25) is 4.79 Å². The van der Waals surface area contributed by atoms with Gasteiger partial charge in [-0.2, -0.15) is 13.2 Å². The van der Waals surface area contributed by atoms with Gasteiger partial charge < -0.3 is 4.74 Å². The van der Waals surface area contributed by atoms with Gasteiger partial charge in [0.2, 0.25) is 0 Å². The fourth-order valence-electron chi connectivity index (χ4n) is 2.43. The molecule has 0 aliphatic carbocycles. The highest BCUT2D eigenvalue weighted by atomic mass is 32.2. The van der Waals surface area contributed by atoms with E-state index in [-0.39, 0.29) is 24.8 Å². The van der Waals surface area contributed by atoms with Gasteiger partial charge in [0.05, 0.1) is 6.61 Å². The maximum absolute atomic E-state index is 12.7. The van der Waals surface area contributed by atoms with Crippen molar-refractivity contribution in [1.82, 2.24) is 0 Å². The molecule has 0 spiro atoms. The SMILES string of the molecule is CCCCCCCCCC(=O)[C@H](OCc1ccccc1)SC(F)(F)F. The summed E-state index contributed by atoms with van der Waals surface area (Å²) in [5, 5.41) is 0. The quantitative estimate of drug-likeness (QED) is 0.291. The van der Waals surface area contributed by atoms with Crippen LogP contribution in [0.1, 0.15) is 63.9 Å². The summed E-state index contributed by atoms with van der Waals surface area (Å²) in [5.74, 6) is -0.480. The lowest BCUT2D eigenvalue weighted by Gasteiger charge is -2.18. The predicted molar refractivity (Wildman–Crippen MR) is 96.3 cm³/mol. The second-order valence-corrected chi connectivity index (χ2v) is 7.16. The van der Waals surface area contributed by atoms with Gasteiger partial charge in [0.1, 0.15) is 0 Å². The Labute approximate surface area is 152 Å². The number of thioether (sulfide) groups is 1. The molecule has 2 nitrogen and oxygen atoms in total. The Morgan fingerprint density at radius 3 is 2.24 bits per heavy atom. The van der Waals surface area contributed by atoms with Gasteiger partial charge >= 0.3 is 5.51 Å². The van der Waals surface area contributed by atoms with Crippen LogP contribution >= 0.6 is 11.8 Å². The summed E-state index contributed by atoms with van der Waals surface area (Å²) in [4.78, 5) is 12.1. The average Bonchev–Trinajstić information content (AvgIpc) is 2.57. The summed E-state index contributed by atoms with van der Waals surface area (Å²) < 4.78 is 43.3. The van der Waals surface area contributed by atoms with E-state index in [9.17, 15) is 18.0 Å². The largest absolute Gasteiger partial charge is 0.444 e. The Hall–Kier alpha value is -1.01. The molecular weight excluding hydrogens is 349 g/mol. The third-order valence-corrected chi connectivity index (χ3v) is 4.65. The first-order valence-corrected chi connectivity index (χ1v) is 9.73. The van der Waals surface area contributed by atoms with Crippen molar-refractivity contribution in [3.05, 3.63) is 35.9 Å². The molecule has 0 bridgehead atoms. The second-order valence-electron chi connectivity index (χ2n) is 6.03. The number of benzene rings is 1. The molecule has 0 amide bonds. The van der Waals surface area contributed by atoms with E-state index in [4.69, 9.17) is 4.74 Å². The van der Waals surface area contributed by atoms with E-state index in [1.54, 1.807) is 24.3 Å². The number of ketones is 1. The highest BCUT2D eigenvalue weighted by Gasteiger charge is 2.36. The van der Waals surface area contributed by atoms with Gasteiger partial charge in [0.25, 0.3) is 0 Å². The number of ether oxygens (including phenoxy) is 1. The van der Waals surface area contributed by atoms with Crippen LogP contribution in [0.3, 0.4) is 0 Å². The number of rotatable bonds is 13. The van der Waals surface area contributed by atoms with Crippen molar-refractivity contribution in [3.63, 3.8) is 0 Å². The second kappa shape index (κ2) is 12.4. The average molecular weight is 376 g/mol. The first kappa shape index (κ1) is 22.0. The predicted octanol–water partition coefficient (Wildman–Crippen LogP) is 6.49. The van der Waals surface area contributed by atoms with Crippen molar-refractivity contribution in [1.29, 1.82) is 0 Å². The number of halogens is 3. The Morgan fingerprint density at radius 1 is 1.04 bits per heavy atom. The van der Waals surface area contributed by atoms with Crippen molar-refractivity contribution in [2.75, 3.05) is 0 Å². The van der Waals surface area contributed by atoms with Gasteiger partial charge in [0.15, 0.2) is 11.2 Å². The third kappa shape index (κ3) is 11.3. The minimum absolute atomic E-state index is 0.00263. The van der Waals surface area contributed by atoms with E-state index in [2.05, 4.69) is 6.92 Å². The minimum Gasteiger partial charge on any atom is -0.355 e. The fourth-order valence-corrected chi connectivity index (χ4v) is 3.06. The van der Waals surface area contributed by atoms with Gasteiger partial charge in [-0.15, -0.1) is 0 Å². The maximum atomic E-state index is 12.7. The van der Waals surface area contributed by atoms with Crippen LogP contribution in [0.2, 0.25) is 0 Å². The molecule has 0 radical (unpaired) electrons. The number of hydrogen-bond acceptors (Lipinski definition) is 3. The summed E-state index contributed by atoms with van der Waals surface area (Å²) in [7, 11) is 0. The van der Waals surface area contributed by atoms with Crippen molar-refractivity contribution in [3.8, 4) is 0 Å². The number of unbranched alkanes of at least 4 members (excludes halogenated alkanes) is 6. The topological polar surface area (TPSA) is 26.3 Å². The van der Waals surface area contributed by atoms with E-state index in [0.29, 0.717) is 6.42 Å². The van der Waals surface area contributed by atoms with Crippen LogP contribution in [-0.2, 0) is 16.1 Å². The van der Waals surface area contributed by atoms with Crippen LogP contribution in [0.4, 0.5) is 13.2 Å². The van der Waals surface area contributed by atoms with Crippen LogP contribution in [0.15, 0.2) is 30.3 Å². The standard InChI is InChI=1S/C19H27F3O2S/c1-2-3-4-5-6-7-11-14-17(23)18(25-19(20,21)22)24-15-16-12-9-8-10-13-16/h8-10,12-13,18H,2-7,11,14-15H2,1H3/t18-/m1/s1. The molecular formula is C19H27F3O2S. The molecule has 0 aliphatic rings. The summed E-state index contributed by atoms with van der Waals surface area (Å²) in [6, 6.07) is 8.90. The van der Waals surface area contributed by atoms with E-state index >= 15 is 0 Å². The molecule has 1 atom stereocenters. The van der Waals surface area contributed by atoms with E-state index in [1.165, 1.54) is 19.3 Å². The molecule has 0 saturated heterocycles. The zero-order valence-corrected chi connectivity index (χ0v) is 15.5. The third-order valence-electron chi connectivity index (χ3n) is 3.77. The molecule has 142 valence electrons. The van der Waals surface area contributed by atoms with Crippen LogP contribution in [0.5, 0.6) is 0 Å².